The van der Waals surface area contributed by atoms with Crippen molar-refractivity contribution in [3.8, 4) is 11.3 Å². The van der Waals surface area contributed by atoms with Crippen LogP contribution in [-0.4, -0.2) is 24.9 Å². The van der Waals surface area contributed by atoms with Gasteiger partial charge in [-0.05, 0) is 53.9 Å². The summed E-state index contributed by atoms with van der Waals surface area (Å²) in [6, 6.07) is 19.8. The lowest BCUT2D eigenvalue weighted by molar-refractivity contribution is -0.122. The molecule has 4 aromatic rings. The number of benzene rings is 2. The van der Waals surface area contributed by atoms with Crippen molar-refractivity contribution in [2.75, 3.05) is 7.05 Å². The molecule has 0 spiro atoms. The number of nitrogens with one attached hydrogen (secondary N) is 2. The fraction of sp³-hybridized carbons (Fsp3) is 0.130. The molecule has 0 aliphatic rings. The van der Waals surface area contributed by atoms with E-state index in [4.69, 9.17) is 16.0 Å². The number of fused-ring (bicyclic) bond motifs is 1. The number of furan rings is 1. The molecule has 0 aliphatic carbocycles. The Morgan fingerprint density at radius 3 is 2.57 bits per heavy atom. The summed E-state index contributed by atoms with van der Waals surface area (Å²) in [7, 11) is 1.55. The molecule has 0 saturated carbocycles. The molecular formula is C23H19ClN2O3S. The summed E-state index contributed by atoms with van der Waals surface area (Å²) in [6.45, 7) is 0. The van der Waals surface area contributed by atoms with Gasteiger partial charge in [0.05, 0.1) is 0 Å². The van der Waals surface area contributed by atoms with Crippen molar-refractivity contribution in [3.05, 3.63) is 82.4 Å². The fourth-order valence-corrected chi connectivity index (χ4v) is 4.42. The van der Waals surface area contributed by atoms with Gasteiger partial charge in [0.15, 0.2) is 5.76 Å². The molecule has 2 N–H and O–H groups in total. The predicted molar refractivity (Wildman–Crippen MR) is 120 cm³/mol. The van der Waals surface area contributed by atoms with Crippen molar-refractivity contribution in [2.45, 2.75) is 12.5 Å². The van der Waals surface area contributed by atoms with Gasteiger partial charge in [-0.1, -0.05) is 29.8 Å². The van der Waals surface area contributed by atoms with Gasteiger partial charge in [-0.3, -0.25) is 9.59 Å². The second-order valence-electron chi connectivity index (χ2n) is 6.77. The van der Waals surface area contributed by atoms with E-state index < -0.39 is 11.9 Å². The molecule has 0 saturated heterocycles. The second kappa shape index (κ2) is 8.73. The Morgan fingerprint density at radius 2 is 1.83 bits per heavy atom. The summed E-state index contributed by atoms with van der Waals surface area (Å²) in [5, 5.41) is 7.16. The molecule has 0 aliphatic heterocycles. The molecule has 1 unspecified atom stereocenters. The lowest BCUT2D eigenvalue weighted by atomic mass is 10.1. The highest BCUT2D eigenvalue weighted by Crippen LogP contribution is 2.27. The van der Waals surface area contributed by atoms with E-state index in [1.807, 2.05) is 42.5 Å². The maximum atomic E-state index is 12.7. The van der Waals surface area contributed by atoms with Crippen LogP contribution < -0.4 is 10.6 Å². The quantitative estimate of drug-likeness (QED) is 0.449. The summed E-state index contributed by atoms with van der Waals surface area (Å²) in [4.78, 5) is 26.1. The Kier molecular flexibility index (Phi) is 5.88. The molecule has 2 heterocycles. The van der Waals surface area contributed by atoms with E-state index in [0.717, 1.165) is 20.5 Å². The number of halogens is 1. The van der Waals surface area contributed by atoms with Crippen LogP contribution in [0.15, 0.2) is 71.1 Å². The van der Waals surface area contributed by atoms with Crippen molar-refractivity contribution >= 4 is 44.8 Å². The third-order valence-corrected chi connectivity index (χ3v) is 6.10. The largest absolute Gasteiger partial charge is 0.451 e. The highest BCUT2D eigenvalue weighted by Gasteiger charge is 2.23. The minimum Gasteiger partial charge on any atom is -0.451 e. The van der Waals surface area contributed by atoms with E-state index in [2.05, 4.69) is 10.6 Å². The standard InChI is InChI=1S/C23H19ClN2O3S/c1-25-22(27)18(13-17-12-15-4-2-3-5-21(15)30-17)26-23(28)20-11-10-19(29-20)14-6-8-16(24)9-7-14/h2-12,18H,13H2,1H3,(H,25,27)(H,26,28). The zero-order chi connectivity index (χ0) is 21.1. The summed E-state index contributed by atoms with van der Waals surface area (Å²) in [5.41, 5.74) is 0.812. The highest BCUT2D eigenvalue weighted by atomic mass is 35.5. The molecule has 152 valence electrons. The highest BCUT2D eigenvalue weighted by molar-refractivity contribution is 7.19. The van der Waals surface area contributed by atoms with Gasteiger partial charge < -0.3 is 15.1 Å². The van der Waals surface area contributed by atoms with Crippen LogP contribution in [0.4, 0.5) is 0 Å². The summed E-state index contributed by atoms with van der Waals surface area (Å²) in [6.07, 6.45) is 0.398. The van der Waals surface area contributed by atoms with Crippen LogP contribution in [0.3, 0.4) is 0 Å². The number of rotatable bonds is 6. The van der Waals surface area contributed by atoms with Crippen molar-refractivity contribution in [2.24, 2.45) is 0 Å². The van der Waals surface area contributed by atoms with E-state index in [-0.39, 0.29) is 11.7 Å². The van der Waals surface area contributed by atoms with Crippen LogP contribution in [0.25, 0.3) is 21.4 Å². The lowest BCUT2D eigenvalue weighted by Gasteiger charge is -2.15. The summed E-state index contributed by atoms with van der Waals surface area (Å²) < 4.78 is 6.85. The number of hydrogen-bond donors (Lipinski definition) is 2. The van der Waals surface area contributed by atoms with Crippen LogP contribution >= 0.6 is 22.9 Å². The van der Waals surface area contributed by atoms with Crippen LogP contribution in [-0.2, 0) is 11.2 Å². The normalized spacial score (nSPS) is 11.9. The van der Waals surface area contributed by atoms with Gasteiger partial charge in [0.2, 0.25) is 5.91 Å². The predicted octanol–water partition coefficient (Wildman–Crippen LogP) is 4.90. The van der Waals surface area contributed by atoms with Gasteiger partial charge in [0, 0.05) is 33.6 Å². The molecule has 2 aromatic carbocycles. The van der Waals surface area contributed by atoms with E-state index in [9.17, 15) is 9.59 Å². The molecule has 30 heavy (non-hydrogen) atoms. The van der Waals surface area contributed by atoms with Crippen molar-refractivity contribution in [1.82, 2.24) is 10.6 Å². The van der Waals surface area contributed by atoms with Gasteiger partial charge in [-0.2, -0.15) is 0 Å². The third-order valence-electron chi connectivity index (χ3n) is 4.71. The average molecular weight is 439 g/mol. The number of carbonyl (C=O) groups excluding carboxylic acids is 2. The van der Waals surface area contributed by atoms with Crippen LogP contribution in [0.2, 0.25) is 5.02 Å². The number of hydrogen-bond acceptors (Lipinski definition) is 4. The molecule has 2 aromatic heterocycles. The first-order valence-electron chi connectivity index (χ1n) is 9.39. The number of carbonyl (C=O) groups is 2. The van der Waals surface area contributed by atoms with Gasteiger partial charge in [-0.15, -0.1) is 11.3 Å². The van der Waals surface area contributed by atoms with Crippen molar-refractivity contribution in [3.63, 3.8) is 0 Å². The first kappa shape index (κ1) is 20.2. The molecule has 0 radical (unpaired) electrons. The molecule has 2 amide bonds. The second-order valence-corrected chi connectivity index (χ2v) is 8.37. The Labute approximate surface area is 182 Å². The Hall–Kier alpha value is -3.09. The van der Waals surface area contributed by atoms with Gasteiger partial charge >= 0.3 is 0 Å². The van der Waals surface area contributed by atoms with E-state index in [1.165, 1.54) is 0 Å². The lowest BCUT2D eigenvalue weighted by Crippen LogP contribution is -2.46. The number of amides is 2. The minimum atomic E-state index is -0.709. The van der Waals surface area contributed by atoms with Crippen molar-refractivity contribution in [1.29, 1.82) is 0 Å². The van der Waals surface area contributed by atoms with Crippen LogP contribution in [0.5, 0.6) is 0 Å². The smallest absolute Gasteiger partial charge is 0.287 e. The Bertz CT molecular complexity index is 1160. The maximum absolute atomic E-state index is 12.7. The van der Waals surface area contributed by atoms with E-state index in [1.54, 1.807) is 42.6 Å². The zero-order valence-electron chi connectivity index (χ0n) is 16.1. The monoisotopic (exact) mass is 438 g/mol. The molecular weight excluding hydrogens is 420 g/mol. The Balaban J connectivity index is 1.51. The summed E-state index contributed by atoms with van der Waals surface area (Å²) >= 11 is 7.53. The van der Waals surface area contributed by atoms with Crippen LogP contribution in [0.1, 0.15) is 15.4 Å². The Morgan fingerprint density at radius 1 is 1.07 bits per heavy atom. The minimum absolute atomic E-state index is 0.144. The molecule has 5 nitrogen and oxygen atoms in total. The topological polar surface area (TPSA) is 71.3 Å². The molecule has 0 fully saturated rings. The van der Waals surface area contributed by atoms with Gasteiger partial charge in [0.25, 0.3) is 5.91 Å². The molecule has 4 rings (SSSR count). The number of likely N-dealkylation sites (N-methyl/N-ethyl adjacent to an activating group) is 1. The molecule has 7 heteroatoms. The van der Waals surface area contributed by atoms with Gasteiger partial charge in [0.1, 0.15) is 11.8 Å². The van der Waals surface area contributed by atoms with E-state index in [0.29, 0.717) is 17.2 Å². The summed E-state index contributed by atoms with van der Waals surface area (Å²) in [5.74, 6) is -0.00165. The third kappa shape index (κ3) is 4.40. The first-order chi connectivity index (χ1) is 14.5. The maximum Gasteiger partial charge on any atom is 0.287 e. The SMILES string of the molecule is CNC(=O)C(Cc1cc2ccccc2s1)NC(=O)c1ccc(-c2ccc(Cl)cc2)o1. The fourth-order valence-electron chi connectivity index (χ4n) is 3.18. The van der Waals surface area contributed by atoms with Crippen LogP contribution in [0, 0.1) is 0 Å². The van der Waals surface area contributed by atoms with Crippen molar-refractivity contribution < 1.29 is 14.0 Å². The van der Waals surface area contributed by atoms with E-state index >= 15 is 0 Å². The average Bonchev–Trinajstić information content (AvgIpc) is 3.40. The first-order valence-corrected chi connectivity index (χ1v) is 10.6. The van der Waals surface area contributed by atoms with Gasteiger partial charge in [-0.25, -0.2) is 0 Å². The molecule has 0 bridgehead atoms. The number of thiophene rings is 1. The zero-order valence-corrected chi connectivity index (χ0v) is 17.7. The molecule has 1 atom stereocenters.